The van der Waals surface area contributed by atoms with Crippen LogP contribution in [0.25, 0.3) is 0 Å². The van der Waals surface area contributed by atoms with Gasteiger partial charge in [-0.2, -0.15) is 4.31 Å². The number of carbonyl (C=O) groups is 1. The number of nitrogens with one attached hydrogen (secondary N) is 1. The van der Waals surface area contributed by atoms with Crippen LogP contribution in [-0.4, -0.2) is 51.5 Å². The Hall–Kier alpha value is -1.44. The highest BCUT2D eigenvalue weighted by atomic mass is 32.2. The molecule has 1 heterocycles. The molecule has 0 bridgehead atoms. The summed E-state index contributed by atoms with van der Waals surface area (Å²) < 4.78 is 31.6. The molecule has 2 rings (SSSR count). The van der Waals surface area contributed by atoms with E-state index in [4.69, 9.17) is 0 Å². The second-order valence-corrected chi connectivity index (χ2v) is 7.10. The topological polar surface area (TPSA) is 75.7 Å². The van der Waals surface area contributed by atoms with Gasteiger partial charge in [0.1, 0.15) is 0 Å². The average molecular weight is 312 g/mol. The van der Waals surface area contributed by atoms with Crippen molar-refractivity contribution in [3.63, 3.8) is 0 Å². The van der Waals surface area contributed by atoms with Gasteiger partial charge in [0.25, 0.3) is 0 Å². The maximum absolute atomic E-state index is 12.8. The number of hydrogen-bond acceptors (Lipinski definition) is 5. The Balaban J connectivity index is 2.41. The lowest BCUT2D eigenvalue weighted by molar-refractivity contribution is 0.0600. The predicted octanol–water partition coefficient (Wildman–Crippen LogP) is 0.764. The lowest BCUT2D eigenvalue weighted by Crippen LogP contribution is -2.51. The van der Waals surface area contributed by atoms with Crippen molar-refractivity contribution in [3.05, 3.63) is 29.3 Å². The van der Waals surface area contributed by atoms with Crippen LogP contribution in [0.3, 0.4) is 0 Å². The van der Waals surface area contributed by atoms with E-state index in [0.717, 1.165) is 0 Å². The maximum Gasteiger partial charge on any atom is 0.337 e. The minimum Gasteiger partial charge on any atom is -0.465 e. The van der Waals surface area contributed by atoms with Gasteiger partial charge in [-0.3, -0.25) is 0 Å². The molecule has 0 amide bonds. The zero-order valence-electron chi connectivity index (χ0n) is 12.4. The summed E-state index contributed by atoms with van der Waals surface area (Å²) in [5.74, 6) is -0.542. The van der Waals surface area contributed by atoms with Crippen molar-refractivity contribution in [1.82, 2.24) is 9.62 Å². The number of piperazine rings is 1. The third-order valence-corrected chi connectivity index (χ3v) is 5.57. The molecule has 0 spiro atoms. The van der Waals surface area contributed by atoms with Crippen LogP contribution < -0.4 is 5.32 Å². The maximum atomic E-state index is 12.8. The first-order valence-corrected chi connectivity index (χ1v) is 8.22. The van der Waals surface area contributed by atoms with Gasteiger partial charge in [0.05, 0.1) is 17.6 Å². The normalized spacial score (nSPS) is 20.2. The Bertz CT molecular complexity index is 642. The molecule has 0 aliphatic carbocycles. The molecule has 0 saturated carbocycles. The molecular weight excluding hydrogens is 292 g/mol. The summed E-state index contributed by atoms with van der Waals surface area (Å²) >= 11 is 0. The molecule has 1 aliphatic heterocycles. The van der Waals surface area contributed by atoms with Gasteiger partial charge < -0.3 is 10.1 Å². The van der Waals surface area contributed by atoms with Gasteiger partial charge in [-0.25, -0.2) is 13.2 Å². The standard InChI is InChI=1S/C14H20N2O4S/c1-10-4-5-12(14(17)20-3)8-13(10)21(18,19)16-7-6-15-11(2)9-16/h4-5,8,11,15H,6-7,9H2,1-3H3. The van der Waals surface area contributed by atoms with E-state index in [1.807, 2.05) is 6.92 Å². The van der Waals surface area contributed by atoms with Gasteiger partial charge >= 0.3 is 5.97 Å². The predicted molar refractivity (Wildman–Crippen MR) is 78.7 cm³/mol. The summed E-state index contributed by atoms with van der Waals surface area (Å²) in [5.41, 5.74) is 0.860. The summed E-state index contributed by atoms with van der Waals surface area (Å²) in [6.45, 7) is 5.13. The summed E-state index contributed by atoms with van der Waals surface area (Å²) in [7, 11) is -2.33. The Morgan fingerprint density at radius 2 is 2.14 bits per heavy atom. The number of carbonyl (C=O) groups excluding carboxylic acids is 1. The van der Waals surface area contributed by atoms with E-state index in [1.54, 1.807) is 19.1 Å². The molecule has 6 nitrogen and oxygen atoms in total. The molecule has 1 fully saturated rings. The number of benzene rings is 1. The molecule has 1 atom stereocenters. The minimum absolute atomic E-state index is 0.109. The average Bonchev–Trinajstić information content (AvgIpc) is 2.46. The van der Waals surface area contributed by atoms with Crippen molar-refractivity contribution in [1.29, 1.82) is 0 Å². The molecule has 1 aromatic carbocycles. The van der Waals surface area contributed by atoms with Gasteiger partial charge in [0, 0.05) is 25.7 Å². The lowest BCUT2D eigenvalue weighted by atomic mass is 10.1. The van der Waals surface area contributed by atoms with Crippen LogP contribution >= 0.6 is 0 Å². The van der Waals surface area contributed by atoms with Crippen LogP contribution in [0.5, 0.6) is 0 Å². The first-order chi connectivity index (χ1) is 9.86. The monoisotopic (exact) mass is 312 g/mol. The van der Waals surface area contributed by atoms with E-state index in [-0.39, 0.29) is 16.5 Å². The zero-order chi connectivity index (χ0) is 15.6. The van der Waals surface area contributed by atoms with Crippen LogP contribution in [0.15, 0.2) is 23.1 Å². The van der Waals surface area contributed by atoms with E-state index in [9.17, 15) is 13.2 Å². The zero-order valence-corrected chi connectivity index (χ0v) is 13.2. The summed E-state index contributed by atoms with van der Waals surface area (Å²) in [6.07, 6.45) is 0. The van der Waals surface area contributed by atoms with Gasteiger partial charge in [0.15, 0.2) is 0 Å². The summed E-state index contributed by atoms with van der Waals surface area (Å²) in [4.78, 5) is 11.8. The molecule has 21 heavy (non-hydrogen) atoms. The highest BCUT2D eigenvalue weighted by molar-refractivity contribution is 7.89. The number of aryl methyl sites for hydroxylation is 1. The molecule has 1 N–H and O–H groups in total. The SMILES string of the molecule is COC(=O)c1ccc(C)c(S(=O)(=O)N2CCNC(C)C2)c1. The fourth-order valence-electron chi connectivity index (χ4n) is 2.38. The van der Waals surface area contributed by atoms with Crippen molar-refractivity contribution in [2.75, 3.05) is 26.7 Å². The molecule has 7 heteroatoms. The van der Waals surface area contributed by atoms with Gasteiger partial charge in [-0.05, 0) is 31.5 Å². The quantitative estimate of drug-likeness (QED) is 0.834. The van der Waals surface area contributed by atoms with E-state index >= 15 is 0 Å². The third kappa shape index (κ3) is 3.25. The third-order valence-electron chi connectivity index (χ3n) is 3.56. The van der Waals surface area contributed by atoms with Crippen molar-refractivity contribution in [2.24, 2.45) is 0 Å². The van der Waals surface area contributed by atoms with Gasteiger partial charge in [-0.15, -0.1) is 0 Å². The van der Waals surface area contributed by atoms with E-state index in [1.165, 1.54) is 17.5 Å². The van der Waals surface area contributed by atoms with E-state index < -0.39 is 16.0 Å². The largest absolute Gasteiger partial charge is 0.465 e. The summed E-state index contributed by atoms with van der Waals surface area (Å²) in [5, 5.41) is 3.21. The molecular formula is C14H20N2O4S. The number of ether oxygens (including phenoxy) is 1. The Labute approximate surface area is 125 Å². The molecule has 0 aromatic heterocycles. The van der Waals surface area contributed by atoms with Crippen molar-refractivity contribution in [3.8, 4) is 0 Å². The number of sulfonamides is 1. The fourth-order valence-corrected chi connectivity index (χ4v) is 4.16. The smallest absolute Gasteiger partial charge is 0.337 e. The molecule has 1 saturated heterocycles. The molecule has 1 unspecified atom stereocenters. The highest BCUT2D eigenvalue weighted by Gasteiger charge is 2.30. The summed E-state index contributed by atoms with van der Waals surface area (Å²) in [6, 6.07) is 4.70. The number of nitrogens with zero attached hydrogens (tertiary/aromatic N) is 1. The minimum atomic E-state index is -3.60. The first kappa shape index (κ1) is 15.9. The van der Waals surface area contributed by atoms with Crippen LogP contribution in [0.2, 0.25) is 0 Å². The number of rotatable bonds is 3. The Morgan fingerprint density at radius 3 is 2.76 bits per heavy atom. The van der Waals surface area contributed by atoms with Gasteiger partial charge in [-0.1, -0.05) is 6.07 Å². The van der Waals surface area contributed by atoms with E-state index in [2.05, 4.69) is 10.1 Å². The fraction of sp³-hybridized carbons (Fsp3) is 0.500. The van der Waals surface area contributed by atoms with Crippen molar-refractivity contribution >= 4 is 16.0 Å². The number of esters is 1. The second-order valence-electron chi connectivity index (χ2n) is 5.19. The molecule has 0 radical (unpaired) electrons. The van der Waals surface area contributed by atoms with Crippen LogP contribution in [0.4, 0.5) is 0 Å². The lowest BCUT2D eigenvalue weighted by Gasteiger charge is -2.31. The van der Waals surface area contributed by atoms with Crippen LogP contribution in [0, 0.1) is 6.92 Å². The number of methoxy groups -OCH3 is 1. The second kappa shape index (κ2) is 6.13. The van der Waals surface area contributed by atoms with Crippen LogP contribution in [0.1, 0.15) is 22.8 Å². The Morgan fingerprint density at radius 1 is 1.43 bits per heavy atom. The molecule has 1 aliphatic rings. The molecule has 1 aromatic rings. The van der Waals surface area contributed by atoms with Crippen molar-refractivity contribution in [2.45, 2.75) is 24.8 Å². The highest BCUT2D eigenvalue weighted by Crippen LogP contribution is 2.22. The number of hydrogen-bond donors (Lipinski definition) is 1. The van der Waals surface area contributed by atoms with Gasteiger partial charge in [0.2, 0.25) is 10.0 Å². The van der Waals surface area contributed by atoms with Crippen molar-refractivity contribution < 1.29 is 17.9 Å². The van der Waals surface area contributed by atoms with E-state index in [0.29, 0.717) is 25.2 Å². The Kier molecular flexibility index (Phi) is 4.65. The van der Waals surface area contributed by atoms with Crippen LogP contribution in [-0.2, 0) is 14.8 Å². The molecule has 116 valence electrons. The first-order valence-electron chi connectivity index (χ1n) is 6.78.